The lowest BCUT2D eigenvalue weighted by Gasteiger charge is -2.24. The third kappa shape index (κ3) is 3.71. The van der Waals surface area contributed by atoms with Gasteiger partial charge in [0.1, 0.15) is 6.04 Å². The molecule has 0 spiro atoms. The molecule has 1 aromatic rings. The lowest BCUT2D eigenvalue weighted by molar-refractivity contribution is -0.118. The molecule has 1 aliphatic carbocycles. The van der Waals surface area contributed by atoms with Gasteiger partial charge in [-0.25, -0.2) is 4.79 Å². The van der Waals surface area contributed by atoms with Gasteiger partial charge in [0.2, 0.25) is 5.91 Å². The van der Waals surface area contributed by atoms with Crippen molar-refractivity contribution in [2.75, 3.05) is 11.4 Å². The fraction of sp³-hybridized carbons (Fsp3) is 0.579. The summed E-state index contributed by atoms with van der Waals surface area (Å²) in [6.45, 7) is 4.76. The largest absolute Gasteiger partial charge is 0.335 e. The molecule has 0 bridgehead atoms. The van der Waals surface area contributed by atoms with Gasteiger partial charge in [0.25, 0.3) is 0 Å². The average Bonchev–Trinajstić information content (AvgIpc) is 2.92. The van der Waals surface area contributed by atoms with Crippen LogP contribution in [-0.4, -0.2) is 30.6 Å². The minimum Gasteiger partial charge on any atom is -0.335 e. The van der Waals surface area contributed by atoms with Gasteiger partial charge in [0.05, 0.1) is 0 Å². The molecular weight excluding hydrogens is 302 g/mol. The predicted molar refractivity (Wildman–Crippen MR) is 95.2 cm³/mol. The lowest BCUT2D eigenvalue weighted by atomic mass is 9.96. The van der Waals surface area contributed by atoms with Gasteiger partial charge in [-0.2, -0.15) is 0 Å². The standard InChI is InChI=1S/C19H27N3O2/c1-13-8-9-16(12-14(13)2)22-11-10-17(18(22)23)21-19(24)20-15-6-4-3-5-7-15/h8-9,12,15,17H,3-7,10-11H2,1-2H3,(H2,20,21,24)/t17-/m1/s1. The molecule has 2 N–H and O–H groups in total. The first-order valence-electron chi connectivity index (χ1n) is 9.00. The molecule has 1 atom stereocenters. The van der Waals surface area contributed by atoms with Crippen LogP contribution in [0.5, 0.6) is 0 Å². The van der Waals surface area contributed by atoms with Crippen molar-refractivity contribution in [3.05, 3.63) is 29.3 Å². The molecule has 1 heterocycles. The lowest BCUT2D eigenvalue weighted by Crippen LogP contribution is -2.49. The Morgan fingerprint density at radius 1 is 1.04 bits per heavy atom. The highest BCUT2D eigenvalue weighted by atomic mass is 16.2. The van der Waals surface area contributed by atoms with Crippen LogP contribution in [0.3, 0.4) is 0 Å². The van der Waals surface area contributed by atoms with Crippen molar-refractivity contribution in [1.82, 2.24) is 10.6 Å². The van der Waals surface area contributed by atoms with Crippen molar-refractivity contribution in [1.29, 1.82) is 0 Å². The highest BCUT2D eigenvalue weighted by Gasteiger charge is 2.34. The van der Waals surface area contributed by atoms with E-state index in [0.717, 1.165) is 18.5 Å². The predicted octanol–water partition coefficient (Wildman–Crippen LogP) is 3.04. The molecule has 0 radical (unpaired) electrons. The molecule has 2 aliphatic rings. The first-order valence-corrected chi connectivity index (χ1v) is 9.00. The van der Waals surface area contributed by atoms with E-state index in [0.29, 0.717) is 13.0 Å². The summed E-state index contributed by atoms with van der Waals surface area (Å²) in [4.78, 5) is 26.6. The molecule has 1 aromatic carbocycles. The van der Waals surface area contributed by atoms with Crippen molar-refractivity contribution < 1.29 is 9.59 Å². The molecule has 130 valence electrons. The summed E-state index contributed by atoms with van der Waals surface area (Å²) in [5.41, 5.74) is 3.30. The molecule has 5 heteroatoms. The Hall–Kier alpha value is -2.04. The van der Waals surface area contributed by atoms with E-state index in [9.17, 15) is 9.59 Å². The van der Waals surface area contributed by atoms with Crippen LogP contribution in [-0.2, 0) is 4.79 Å². The Morgan fingerprint density at radius 3 is 2.50 bits per heavy atom. The van der Waals surface area contributed by atoms with Crippen LogP contribution in [0.15, 0.2) is 18.2 Å². The zero-order valence-electron chi connectivity index (χ0n) is 14.6. The Kier molecular flexibility index (Phi) is 5.07. The number of anilines is 1. The van der Waals surface area contributed by atoms with Crippen LogP contribution in [0.1, 0.15) is 49.7 Å². The zero-order chi connectivity index (χ0) is 17.1. The number of hydrogen-bond acceptors (Lipinski definition) is 2. The van der Waals surface area contributed by atoms with Gasteiger partial charge in [0, 0.05) is 18.3 Å². The number of nitrogens with zero attached hydrogens (tertiary/aromatic N) is 1. The maximum atomic E-state index is 12.6. The summed E-state index contributed by atoms with van der Waals surface area (Å²) in [5, 5.41) is 5.88. The highest BCUT2D eigenvalue weighted by Crippen LogP contribution is 2.24. The average molecular weight is 329 g/mol. The summed E-state index contributed by atoms with van der Waals surface area (Å²) in [6.07, 6.45) is 6.35. The second-order valence-electron chi connectivity index (χ2n) is 7.05. The van der Waals surface area contributed by atoms with E-state index in [1.165, 1.54) is 30.4 Å². The van der Waals surface area contributed by atoms with Gasteiger partial charge >= 0.3 is 6.03 Å². The fourth-order valence-corrected chi connectivity index (χ4v) is 3.60. The maximum Gasteiger partial charge on any atom is 0.315 e. The maximum absolute atomic E-state index is 12.6. The number of amides is 3. The Morgan fingerprint density at radius 2 is 1.79 bits per heavy atom. The van der Waals surface area contributed by atoms with Gasteiger partial charge in [-0.15, -0.1) is 0 Å². The molecule has 3 amide bonds. The Labute approximate surface area is 143 Å². The van der Waals surface area contributed by atoms with Crippen LogP contribution in [0.2, 0.25) is 0 Å². The third-order valence-electron chi connectivity index (χ3n) is 5.25. The van der Waals surface area contributed by atoms with E-state index in [4.69, 9.17) is 0 Å². The minimum atomic E-state index is -0.421. The molecule has 3 rings (SSSR count). The van der Waals surface area contributed by atoms with Crippen molar-refractivity contribution >= 4 is 17.6 Å². The van der Waals surface area contributed by atoms with Gasteiger partial charge < -0.3 is 15.5 Å². The number of benzene rings is 1. The molecular formula is C19H27N3O2. The SMILES string of the molecule is Cc1ccc(N2CC[C@@H](NC(=O)NC3CCCCC3)C2=O)cc1C. The molecule has 0 unspecified atom stereocenters. The number of urea groups is 1. The number of rotatable bonds is 3. The van der Waals surface area contributed by atoms with Crippen molar-refractivity contribution in [2.45, 2.75) is 64.5 Å². The van der Waals surface area contributed by atoms with Crippen molar-refractivity contribution in [3.63, 3.8) is 0 Å². The molecule has 0 aromatic heterocycles. The van der Waals surface area contributed by atoms with E-state index < -0.39 is 6.04 Å². The minimum absolute atomic E-state index is 0.0166. The smallest absolute Gasteiger partial charge is 0.315 e. The summed E-state index contributed by atoms with van der Waals surface area (Å²) in [5.74, 6) is -0.0166. The van der Waals surface area contributed by atoms with Crippen LogP contribution < -0.4 is 15.5 Å². The number of carbonyl (C=O) groups is 2. The topological polar surface area (TPSA) is 61.4 Å². The van der Waals surface area contributed by atoms with Crippen LogP contribution in [0.4, 0.5) is 10.5 Å². The van der Waals surface area contributed by atoms with Gasteiger partial charge in [-0.05, 0) is 56.4 Å². The molecule has 1 aliphatic heterocycles. The zero-order valence-corrected chi connectivity index (χ0v) is 14.6. The van der Waals surface area contributed by atoms with Gasteiger partial charge in [-0.1, -0.05) is 25.3 Å². The first kappa shape index (κ1) is 16.8. The van der Waals surface area contributed by atoms with Crippen LogP contribution in [0.25, 0.3) is 0 Å². The first-order chi connectivity index (χ1) is 11.5. The van der Waals surface area contributed by atoms with E-state index in [2.05, 4.69) is 17.6 Å². The van der Waals surface area contributed by atoms with Crippen LogP contribution >= 0.6 is 0 Å². The number of hydrogen-bond donors (Lipinski definition) is 2. The highest BCUT2D eigenvalue weighted by molar-refractivity contribution is 6.01. The molecule has 1 saturated heterocycles. The monoisotopic (exact) mass is 329 g/mol. The molecule has 1 saturated carbocycles. The Balaban J connectivity index is 1.57. The second kappa shape index (κ2) is 7.24. The van der Waals surface area contributed by atoms with E-state index in [1.54, 1.807) is 4.90 Å². The Bertz CT molecular complexity index is 623. The number of nitrogens with one attached hydrogen (secondary N) is 2. The second-order valence-corrected chi connectivity index (χ2v) is 7.05. The molecule has 5 nitrogen and oxygen atoms in total. The summed E-state index contributed by atoms with van der Waals surface area (Å²) in [6, 6.07) is 5.68. The summed E-state index contributed by atoms with van der Waals surface area (Å²) < 4.78 is 0. The fourth-order valence-electron chi connectivity index (χ4n) is 3.60. The summed E-state index contributed by atoms with van der Waals surface area (Å²) >= 11 is 0. The van der Waals surface area contributed by atoms with Crippen LogP contribution in [0, 0.1) is 13.8 Å². The normalized spacial score (nSPS) is 21.8. The molecule has 2 fully saturated rings. The van der Waals surface area contributed by atoms with Gasteiger partial charge in [-0.3, -0.25) is 4.79 Å². The summed E-state index contributed by atoms with van der Waals surface area (Å²) in [7, 11) is 0. The third-order valence-corrected chi connectivity index (χ3v) is 5.25. The number of carbonyl (C=O) groups excluding carboxylic acids is 2. The quantitative estimate of drug-likeness (QED) is 0.895. The van der Waals surface area contributed by atoms with E-state index in [-0.39, 0.29) is 18.0 Å². The van der Waals surface area contributed by atoms with Gasteiger partial charge in [0.15, 0.2) is 0 Å². The molecule has 24 heavy (non-hydrogen) atoms. The van der Waals surface area contributed by atoms with E-state index in [1.807, 2.05) is 25.1 Å². The number of aryl methyl sites for hydroxylation is 2. The van der Waals surface area contributed by atoms with Crippen molar-refractivity contribution in [2.24, 2.45) is 0 Å². The van der Waals surface area contributed by atoms with Crippen molar-refractivity contribution in [3.8, 4) is 0 Å². The van der Waals surface area contributed by atoms with E-state index >= 15 is 0 Å².